The topological polar surface area (TPSA) is 53.9 Å². The maximum absolute atomic E-state index is 13.4. The summed E-state index contributed by atoms with van der Waals surface area (Å²) in [7, 11) is 0. The number of hydrogen-bond donors (Lipinski definition) is 2. The van der Waals surface area contributed by atoms with Crippen molar-refractivity contribution in [3.8, 4) is 0 Å². The van der Waals surface area contributed by atoms with Gasteiger partial charge < -0.3 is 10.2 Å². The van der Waals surface area contributed by atoms with Gasteiger partial charge in [-0.1, -0.05) is 78.0 Å². The van der Waals surface area contributed by atoms with E-state index in [1.165, 1.54) is 22.2 Å². The van der Waals surface area contributed by atoms with Gasteiger partial charge in [0.1, 0.15) is 13.1 Å². The van der Waals surface area contributed by atoms with Gasteiger partial charge in [-0.3, -0.25) is 14.5 Å². The van der Waals surface area contributed by atoms with Crippen LogP contribution in [0, 0.1) is 0 Å². The molecule has 5 nitrogen and oxygen atoms in total. The van der Waals surface area contributed by atoms with Crippen molar-refractivity contribution >= 4 is 46.9 Å². The van der Waals surface area contributed by atoms with Crippen LogP contribution >= 0.6 is 23.4 Å². The molecule has 0 bridgehead atoms. The summed E-state index contributed by atoms with van der Waals surface area (Å²) in [6.45, 7) is 6.61. The summed E-state index contributed by atoms with van der Waals surface area (Å²) < 4.78 is 0. The molecule has 0 radical (unpaired) electrons. The molecule has 0 aromatic heterocycles. The van der Waals surface area contributed by atoms with Crippen molar-refractivity contribution in [3.63, 3.8) is 0 Å². The van der Waals surface area contributed by atoms with E-state index in [-0.39, 0.29) is 18.4 Å². The standard InChI is InChI=1S/C29H30ClN3O2S/c1-21(2)32(19-23-8-4-3-5-9-23)17-16-31-28(34)20-33-25-10-6-7-11-26(25)36-27(29(33)35)18-22-12-14-24(30)15-13-22/h3-15,18,21H,16-17,19-20H2,1-2H3,(H,31,34)/p+1. The minimum absolute atomic E-state index is 0.0237. The summed E-state index contributed by atoms with van der Waals surface area (Å²) in [6.07, 6.45) is 1.84. The van der Waals surface area contributed by atoms with Crippen LogP contribution in [0.15, 0.2) is 88.7 Å². The highest BCUT2D eigenvalue weighted by atomic mass is 35.5. The zero-order valence-corrected chi connectivity index (χ0v) is 22.1. The van der Waals surface area contributed by atoms with Crippen LogP contribution in [0.1, 0.15) is 25.0 Å². The van der Waals surface area contributed by atoms with Gasteiger partial charge >= 0.3 is 0 Å². The number of quaternary nitrogens is 1. The van der Waals surface area contributed by atoms with Crippen molar-refractivity contribution in [3.05, 3.63) is 99.9 Å². The Bertz CT molecular complexity index is 1230. The molecule has 2 N–H and O–H groups in total. The van der Waals surface area contributed by atoms with Gasteiger partial charge in [0.25, 0.3) is 5.91 Å². The molecule has 3 aromatic rings. The van der Waals surface area contributed by atoms with Gasteiger partial charge in [-0.25, -0.2) is 0 Å². The Morgan fingerprint density at radius 2 is 1.72 bits per heavy atom. The van der Waals surface area contributed by atoms with Crippen LogP contribution in [-0.2, 0) is 16.1 Å². The average molecular weight is 521 g/mol. The van der Waals surface area contributed by atoms with Crippen molar-refractivity contribution in [2.24, 2.45) is 0 Å². The lowest BCUT2D eigenvalue weighted by molar-refractivity contribution is -0.933. The van der Waals surface area contributed by atoms with Gasteiger partial charge in [-0.05, 0) is 49.8 Å². The Morgan fingerprint density at radius 3 is 2.44 bits per heavy atom. The molecule has 1 aliphatic rings. The minimum atomic E-state index is -0.178. The van der Waals surface area contributed by atoms with Crippen molar-refractivity contribution in [1.82, 2.24) is 5.32 Å². The fraction of sp³-hybridized carbons (Fsp3) is 0.241. The summed E-state index contributed by atoms with van der Waals surface area (Å²) in [5, 5.41) is 3.67. The second-order valence-electron chi connectivity index (χ2n) is 9.10. The number of anilines is 1. The molecular formula is C29H31ClN3O2S+. The van der Waals surface area contributed by atoms with Crippen LogP contribution < -0.4 is 15.1 Å². The van der Waals surface area contributed by atoms with Crippen molar-refractivity contribution in [2.75, 3.05) is 24.5 Å². The predicted octanol–water partition coefficient (Wildman–Crippen LogP) is 4.43. The van der Waals surface area contributed by atoms with E-state index in [0.717, 1.165) is 29.2 Å². The molecule has 186 valence electrons. The van der Waals surface area contributed by atoms with Crippen LogP contribution in [0.2, 0.25) is 5.02 Å². The predicted molar refractivity (Wildman–Crippen MR) is 148 cm³/mol. The molecule has 0 saturated carbocycles. The molecule has 1 heterocycles. The molecule has 3 aromatic carbocycles. The van der Waals surface area contributed by atoms with Crippen LogP contribution in [0.25, 0.3) is 6.08 Å². The summed E-state index contributed by atoms with van der Waals surface area (Å²) >= 11 is 7.42. The summed E-state index contributed by atoms with van der Waals surface area (Å²) in [6, 6.07) is 25.8. The number of thioether (sulfide) groups is 1. The third kappa shape index (κ3) is 6.78. The largest absolute Gasteiger partial charge is 0.349 e. The Labute approximate surface area is 222 Å². The summed E-state index contributed by atoms with van der Waals surface area (Å²) in [5.41, 5.74) is 2.92. The number of hydrogen-bond acceptors (Lipinski definition) is 3. The number of nitrogens with zero attached hydrogens (tertiary/aromatic N) is 1. The molecule has 0 aliphatic carbocycles. The van der Waals surface area contributed by atoms with Gasteiger partial charge in [0, 0.05) is 15.5 Å². The van der Waals surface area contributed by atoms with E-state index < -0.39 is 0 Å². The molecule has 0 fully saturated rings. The molecular weight excluding hydrogens is 490 g/mol. The number of halogens is 1. The van der Waals surface area contributed by atoms with E-state index in [9.17, 15) is 9.59 Å². The van der Waals surface area contributed by atoms with Crippen LogP contribution in [-0.4, -0.2) is 37.5 Å². The molecule has 0 saturated heterocycles. The number of nitrogens with one attached hydrogen (secondary N) is 2. The smallest absolute Gasteiger partial charge is 0.265 e. The molecule has 2 amide bonds. The third-order valence-electron chi connectivity index (χ3n) is 6.16. The molecule has 1 atom stereocenters. The van der Waals surface area contributed by atoms with E-state index in [4.69, 9.17) is 11.6 Å². The fourth-order valence-electron chi connectivity index (χ4n) is 4.13. The van der Waals surface area contributed by atoms with Crippen molar-refractivity contribution in [2.45, 2.75) is 31.3 Å². The van der Waals surface area contributed by atoms with E-state index in [1.54, 1.807) is 17.0 Å². The average Bonchev–Trinajstić information content (AvgIpc) is 2.87. The SMILES string of the molecule is CC(C)[NH+](CCNC(=O)CN1C(=O)C(=Cc2ccc(Cl)cc2)Sc2ccccc21)Cc1ccccc1. The van der Waals surface area contributed by atoms with Crippen molar-refractivity contribution in [1.29, 1.82) is 0 Å². The monoisotopic (exact) mass is 520 g/mol. The van der Waals surface area contributed by atoms with E-state index >= 15 is 0 Å². The number of carbonyl (C=O) groups is 2. The molecule has 1 aliphatic heterocycles. The molecule has 0 spiro atoms. The fourth-order valence-corrected chi connectivity index (χ4v) is 5.32. The second-order valence-corrected chi connectivity index (χ2v) is 10.6. The molecule has 36 heavy (non-hydrogen) atoms. The first kappa shape index (κ1) is 26.0. The highest BCUT2D eigenvalue weighted by Gasteiger charge is 2.30. The van der Waals surface area contributed by atoms with Crippen LogP contribution in [0.5, 0.6) is 0 Å². The van der Waals surface area contributed by atoms with Crippen molar-refractivity contribution < 1.29 is 14.5 Å². The number of carbonyl (C=O) groups excluding carboxylic acids is 2. The maximum atomic E-state index is 13.4. The van der Waals surface area contributed by atoms with Gasteiger partial charge in [0.15, 0.2) is 0 Å². The third-order valence-corrected chi connectivity index (χ3v) is 7.49. The van der Waals surface area contributed by atoms with Gasteiger partial charge in [-0.15, -0.1) is 0 Å². The van der Waals surface area contributed by atoms with Gasteiger partial charge in [0.05, 0.1) is 29.7 Å². The number of amides is 2. The van der Waals surface area contributed by atoms with E-state index in [1.807, 2.05) is 48.5 Å². The number of para-hydroxylation sites is 1. The van der Waals surface area contributed by atoms with Gasteiger partial charge in [0.2, 0.25) is 5.91 Å². The number of benzene rings is 3. The van der Waals surface area contributed by atoms with Crippen LogP contribution in [0.4, 0.5) is 5.69 Å². The Morgan fingerprint density at radius 1 is 1.03 bits per heavy atom. The normalized spacial score (nSPS) is 15.2. The molecule has 7 heteroatoms. The minimum Gasteiger partial charge on any atom is -0.349 e. The lowest BCUT2D eigenvalue weighted by Gasteiger charge is -2.30. The van der Waals surface area contributed by atoms with Gasteiger partial charge in [-0.2, -0.15) is 0 Å². The summed E-state index contributed by atoms with van der Waals surface area (Å²) in [5.74, 6) is -0.346. The van der Waals surface area contributed by atoms with E-state index in [0.29, 0.717) is 22.5 Å². The first-order chi connectivity index (χ1) is 17.4. The zero-order chi connectivity index (χ0) is 25.5. The first-order valence-corrected chi connectivity index (χ1v) is 13.3. The Balaban J connectivity index is 1.41. The quantitative estimate of drug-likeness (QED) is 0.410. The lowest BCUT2D eigenvalue weighted by Crippen LogP contribution is -3.14. The van der Waals surface area contributed by atoms with Crippen LogP contribution in [0.3, 0.4) is 0 Å². The number of fused-ring (bicyclic) bond motifs is 1. The molecule has 1 unspecified atom stereocenters. The zero-order valence-electron chi connectivity index (χ0n) is 20.5. The maximum Gasteiger partial charge on any atom is 0.265 e. The first-order valence-electron chi connectivity index (χ1n) is 12.1. The summed E-state index contributed by atoms with van der Waals surface area (Å²) in [4.78, 5) is 30.8. The highest BCUT2D eigenvalue weighted by Crippen LogP contribution is 2.41. The Hall–Kier alpha value is -3.06. The highest BCUT2D eigenvalue weighted by molar-refractivity contribution is 8.04. The van der Waals surface area contributed by atoms with E-state index in [2.05, 4.69) is 43.4 Å². The molecule has 4 rings (SSSR count). The second kappa shape index (κ2) is 12.3. The Kier molecular flexibility index (Phi) is 8.86. The lowest BCUT2D eigenvalue weighted by atomic mass is 10.2. The number of rotatable bonds is 9.